The number of hydrogen-bond donors (Lipinski definition) is 3. The molecule has 4 aromatic rings. The van der Waals surface area contributed by atoms with Crippen molar-refractivity contribution in [3.05, 3.63) is 60.6 Å². The lowest BCUT2D eigenvalue weighted by molar-refractivity contribution is 0.101. The van der Waals surface area contributed by atoms with Gasteiger partial charge in [-0.1, -0.05) is 25.0 Å². The monoisotopic (exact) mass is 512 g/mol. The number of para-hydroxylation sites is 2. The number of ether oxygens (including phenoxy) is 1. The Hall–Kier alpha value is -4.18. The molecule has 2 aliphatic rings. The van der Waals surface area contributed by atoms with Gasteiger partial charge in [0.05, 0.1) is 24.7 Å². The first-order chi connectivity index (χ1) is 18.7. The van der Waals surface area contributed by atoms with Gasteiger partial charge in [-0.25, -0.2) is 9.97 Å². The number of methoxy groups -OCH3 is 1. The van der Waals surface area contributed by atoms with Crippen LogP contribution in [-0.2, 0) is 0 Å². The van der Waals surface area contributed by atoms with Gasteiger partial charge in [0, 0.05) is 43.8 Å². The molecule has 0 atom stereocenters. The molecule has 4 heterocycles. The highest BCUT2D eigenvalue weighted by Gasteiger charge is 2.26. The molecule has 1 aliphatic heterocycles. The number of nitrogens with one attached hydrogen (secondary N) is 3. The third kappa shape index (κ3) is 4.87. The number of carbonyl (C=O) groups excluding carboxylic acids is 1. The van der Waals surface area contributed by atoms with Crippen molar-refractivity contribution in [2.45, 2.75) is 31.7 Å². The number of amides is 1. The Kier molecular flexibility index (Phi) is 6.78. The lowest BCUT2D eigenvalue weighted by atomic mass is 10.2. The van der Waals surface area contributed by atoms with Crippen molar-refractivity contribution in [1.29, 1.82) is 0 Å². The fraction of sp³-hybridized carbons (Fsp3) is 0.357. The van der Waals surface area contributed by atoms with Crippen molar-refractivity contribution in [2.75, 3.05) is 48.8 Å². The van der Waals surface area contributed by atoms with Gasteiger partial charge in [-0.3, -0.25) is 4.79 Å². The van der Waals surface area contributed by atoms with Gasteiger partial charge in [-0.15, -0.1) is 0 Å². The molecule has 1 aliphatic carbocycles. The van der Waals surface area contributed by atoms with Gasteiger partial charge in [0.15, 0.2) is 0 Å². The van der Waals surface area contributed by atoms with Crippen molar-refractivity contribution in [3.63, 3.8) is 0 Å². The highest BCUT2D eigenvalue weighted by molar-refractivity contribution is 6.06. The number of nitrogens with zero attached hydrogens (tertiary/aromatic N) is 5. The van der Waals surface area contributed by atoms with Gasteiger partial charge in [0.25, 0.3) is 5.91 Å². The lowest BCUT2D eigenvalue weighted by Gasteiger charge is -2.29. The molecular weight excluding hydrogens is 480 g/mol. The molecule has 10 heteroatoms. The number of rotatable bonds is 7. The van der Waals surface area contributed by atoms with Crippen LogP contribution < -0.4 is 25.6 Å². The van der Waals surface area contributed by atoms with E-state index < -0.39 is 0 Å². The number of pyridine rings is 1. The van der Waals surface area contributed by atoms with Crippen LogP contribution >= 0.6 is 0 Å². The van der Waals surface area contributed by atoms with Crippen LogP contribution in [0.3, 0.4) is 0 Å². The van der Waals surface area contributed by atoms with Crippen molar-refractivity contribution in [1.82, 2.24) is 24.8 Å². The van der Waals surface area contributed by atoms with E-state index in [1.807, 2.05) is 42.6 Å². The molecule has 1 saturated heterocycles. The van der Waals surface area contributed by atoms with Gasteiger partial charge in [-0.05, 0) is 43.2 Å². The molecule has 0 spiro atoms. The zero-order valence-electron chi connectivity index (χ0n) is 21.5. The summed E-state index contributed by atoms with van der Waals surface area (Å²) in [6.07, 6.45) is 7.95. The number of anilines is 4. The highest BCUT2D eigenvalue weighted by Crippen LogP contribution is 2.35. The van der Waals surface area contributed by atoms with E-state index in [9.17, 15) is 4.79 Å². The molecule has 1 saturated carbocycles. The average molecular weight is 513 g/mol. The Morgan fingerprint density at radius 3 is 2.63 bits per heavy atom. The molecule has 0 unspecified atom stereocenters. The smallest absolute Gasteiger partial charge is 0.272 e. The lowest BCUT2D eigenvalue weighted by Crippen LogP contribution is -2.43. The van der Waals surface area contributed by atoms with Crippen LogP contribution in [0.5, 0.6) is 5.75 Å². The van der Waals surface area contributed by atoms with Crippen LogP contribution in [0.1, 0.15) is 42.2 Å². The summed E-state index contributed by atoms with van der Waals surface area (Å²) in [4.78, 5) is 29.8. The molecule has 1 aromatic carbocycles. The summed E-state index contributed by atoms with van der Waals surface area (Å²) < 4.78 is 7.51. The fourth-order valence-corrected chi connectivity index (χ4v) is 5.39. The van der Waals surface area contributed by atoms with Crippen LogP contribution in [-0.4, -0.2) is 58.7 Å². The van der Waals surface area contributed by atoms with Gasteiger partial charge in [-0.2, -0.15) is 4.98 Å². The van der Waals surface area contributed by atoms with E-state index in [0.717, 1.165) is 68.6 Å². The summed E-state index contributed by atoms with van der Waals surface area (Å²) in [5, 5.41) is 10.5. The third-order valence-corrected chi connectivity index (χ3v) is 7.32. The largest absolute Gasteiger partial charge is 0.495 e. The minimum atomic E-state index is -0.195. The molecule has 196 valence electrons. The molecule has 10 nitrogen and oxygen atoms in total. The van der Waals surface area contributed by atoms with E-state index in [1.165, 1.54) is 0 Å². The van der Waals surface area contributed by atoms with Crippen LogP contribution in [0.4, 0.5) is 23.1 Å². The first-order valence-electron chi connectivity index (χ1n) is 13.2. The predicted octanol–water partition coefficient (Wildman–Crippen LogP) is 4.36. The third-order valence-electron chi connectivity index (χ3n) is 7.32. The molecule has 0 radical (unpaired) electrons. The molecule has 3 aromatic heterocycles. The van der Waals surface area contributed by atoms with E-state index in [2.05, 4.69) is 41.5 Å². The quantitative estimate of drug-likeness (QED) is 0.335. The maximum absolute atomic E-state index is 13.5. The van der Waals surface area contributed by atoms with Gasteiger partial charge < -0.3 is 30.2 Å². The van der Waals surface area contributed by atoms with E-state index in [4.69, 9.17) is 9.72 Å². The number of hydrogen-bond acceptors (Lipinski definition) is 8. The standard InChI is InChI=1S/C28H32N8O2/c1-38-24-9-5-4-8-22(24)32-27(37)23-16-19-17-31-28(34-26(19)36(23)20-6-2-3-7-20)33-25-11-10-21(18-30-25)35-14-12-29-13-15-35/h4-5,8-11,16-18,20,29H,2-3,6-7,12-15H2,1H3,(H,32,37)(H,30,31,33,34). The SMILES string of the molecule is COc1ccccc1NC(=O)c1cc2cnc(Nc3ccc(N4CCNCC4)cn3)nc2n1C1CCCC1. The summed E-state index contributed by atoms with van der Waals surface area (Å²) in [7, 11) is 1.60. The van der Waals surface area contributed by atoms with E-state index in [1.54, 1.807) is 13.3 Å². The Labute approximate surface area is 221 Å². The van der Waals surface area contributed by atoms with Gasteiger partial charge >= 0.3 is 0 Å². The molecule has 0 bridgehead atoms. The summed E-state index contributed by atoms with van der Waals surface area (Å²) in [6, 6.07) is 13.5. The maximum atomic E-state index is 13.5. The van der Waals surface area contributed by atoms with Crippen molar-refractivity contribution >= 4 is 40.1 Å². The van der Waals surface area contributed by atoms with Crippen LogP contribution in [0.25, 0.3) is 11.0 Å². The second-order valence-electron chi connectivity index (χ2n) is 9.73. The highest BCUT2D eigenvalue weighted by atomic mass is 16.5. The van der Waals surface area contributed by atoms with Crippen molar-refractivity contribution in [3.8, 4) is 5.75 Å². The number of piperazine rings is 1. The zero-order valence-corrected chi connectivity index (χ0v) is 21.5. The van der Waals surface area contributed by atoms with Crippen LogP contribution in [0.2, 0.25) is 0 Å². The average Bonchev–Trinajstić information content (AvgIpc) is 3.62. The van der Waals surface area contributed by atoms with Crippen LogP contribution in [0.15, 0.2) is 54.9 Å². The van der Waals surface area contributed by atoms with Crippen molar-refractivity contribution in [2.24, 2.45) is 0 Å². The Bertz CT molecular complexity index is 1420. The summed E-state index contributed by atoms with van der Waals surface area (Å²) >= 11 is 0. The number of fused-ring (bicyclic) bond motifs is 1. The van der Waals surface area contributed by atoms with Crippen molar-refractivity contribution < 1.29 is 9.53 Å². The molecular formula is C28H32N8O2. The number of carbonyl (C=O) groups is 1. The molecule has 3 N–H and O–H groups in total. The Morgan fingerprint density at radius 2 is 1.87 bits per heavy atom. The first kappa shape index (κ1) is 24.2. The zero-order chi connectivity index (χ0) is 25.9. The topological polar surface area (TPSA) is 109 Å². The normalized spacial score (nSPS) is 16.1. The Morgan fingerprint density at radius 1 is 1.05 bits per heavy atom. The molecule has 1 amide bonds. The second kappa shape index (κ2) is 10.7. The maximum Gasteiger partial charge on any atom is 0.272 e. The van der Waals surface area contributed by atoms with E-state index in [-0.39, 0.29) is 11.9 Å². The summed E-state index contributed by atoms with van der Waals surface area (Å²) in [5.41, 5.74) is 3.06. The number of benzene rings is 1. The minimum Gasteiger partial charge on any atom is -0.495 e. The minimum absolute atomic E-state index is 0.195. The van der Waals surface area contributed by atoms with E-state index in [0.29, 0.717) is 28.9 Å². The summed E-state index contributed by atoms with van der Waals surface area (Å²) in [6.45, 7) is 3.90. The van der Waals surface area contributed by atoms with Gasteiger partial charge in [0.1, 0.15) is 22.9 Å². The fourth-order valence-electron chi connectivity index (χ4n) is 5.39. The van der Waals surface area contributed by atoms with Gasteiger partial charge in [0.2, 0.25) is 5.95 Å². The molecule has 38 heavy (non-hydrogen) atoms. The van der Waals surface area contributed by atoms with Crippen LogP contribution in [0, 0.1) is 0 Å². The Balaban J connectivity index is 1.29. The molecule has 6 rings (SSSR count). The second-order valence-corrected chi connectivity index (χ2v) is 9.73. The first-order valence-corrected chi connectivity index (χ1v) is 13.2. The van der Waals surface area contributed by atoms with E-state index >= 15 is 0 Å². The predicted molar refractivity (Wildman–Crippen MR) is 149 cm³/mol. The number of aromatic nitrogens is 4. The summed E-state index contributed by atoms with van der Waals surface area (Å²) in [5.74, 6) is 1.55. The molecule has 2 fully saturated rings.